The zero-order chi connectivity index (χ0) is 22.9. The van der Waals surface area contributed by atoms with E-state index in [2.05, 4.69) is 33.4 Å². The highest BCUT2D eigenvalue weighted by molar-refractivity contribution is 7.66. The number of aliphatic hydroxyl groups excluding tert-OH is 2. The van der Waals surface area contributed by atoms with Gasteiger partial charge in [0.2, 0.25) is 5.95 Å². The van der Waals surface area contributed by atoms with Gasteiger partial charge in [0.05, 0.1) is 18.9 Å². The molecule has 0 radical (unpaired) electrons. The first-order chi connectivity index (χ1) is 13.6. The maximum absolute atomic E-state index is 11.8. The molecule has 0 spiro atoms. The number of nitrogens with one attached hydrogen (secondary N) is 2. The summed E-state index contributed by atoms with van der Waals surface area (Å²) in [6, 6.07) is 0. The van der Waals surface area contributed by atoms with E-state index < -0.39 is 47.8 Å². The van der Waals surface area contributed by atoms with Crippen molar-refractivity contribution in [3.05, 3.63) is 10.4 Å². The number of nitrogen functional groups attached to an aromatic ring is 1. The van der Waals surface area contributed by atoms with E-state index >= 15 is 0 Å². The maximum atomic E-state index is 11.8. The van der Waals surface area contributed by atoms with Crippen LogP contribution in [0.25, 0.3) is 0 Å². The van der Waals surface area contributed by atoms with Crippen LogP contribution in [0.15, 0.2) is 9.79 Å². The molecule has 4 atom stereocenters. The molecule has 21 heteroatoms. The SMILES string of the molecule is Nc1nc2c(c(=O)[nH]1)N=C([C@@H](O)[C@H](O)COP(=O)(O)OP(=O)(O)OP(=O)(O)O)CN2. The molecule has 10 N–H and O–H groups in total. The van der Waals surface area contributed by atoms with Gasteiger partial charge in [0.15, 0.2) is 11.5 Å². The van der Waals surface area contributed by atoms with Gasteiger partial charge in [-0.15, -0.1) is 0 Å². The summed E-state index contributed by atoms with van der Waals surface area (Å²) in [4.78, 5) is 56.8. The maximum Gasteiger partial charge on any atom is 0.490 e. The number of phosphoric acid groups is 3. The quantitative estimate of drug-likeness (QED) is 0.166. The average molecular weight is 495 g/mol. The summed E-state index contributed by atoms with van der Waals surface area (Å²) >= 11 is 0. The zero-order valence-electron chi connectivity index (χ0n) is 14.4. The van der Waals surface area contributed by atoms with E-state index in [0.717, 1.165) is 0 Å². The van der Waals surface area contributed by atoms with Crippen LogP contribution in [0.3, 0.4) is 0 Å². The predicted molar refractivity (Wildman–Crippen MR) is 96.7 cm³/mol. The molecule has 0 fully saturated rings. The number of H-pyrrole nitrogens is 1. The fraction of sp³-hybridized carbons (Fsp3) is 0.444. The van der Waals surface area contributed by atoms with Crippen molar-refractivity contribution < 1.29 is 56.6 Å². The topological polar surface area (TPSA) is 296 Å². The molecule has 1 aromatic rings. The Labute approximate surface area is 165 Å². The van der Waals surface area contributed by atoms with Crippen LogP contribution >= 0.6 is 23.5 Å². The third kappa shape index (κ3) is 7.02. The second-order valence-electron chi connectivity index (χ2n) is 5.50. The van der Waals surface area contributed by atoms with Crippen LogP contribution in [0.1, 0.15) is 0 Å². The third-order valence-electron chi connectivity index (χ3n) is 3.14. The van der Waals surface area contributed by atoms with Gasteiger partial charge < -0.3 is 40.8 Å². The molecule has 2 unspecified atom stereocenters. The summed E-state index contributed by atoms with van der Waals surface area (Å²) in [5, 5.41) is 22.6. The third-order valence-corrected chi connectivity index (χ3v) is 6.94. The lowest BCUT2D eigenvalue weighted by molar-refractivity contribution is 0.0167. The number of aliphatic hydroxyl groups is 2. The second-order valence-corrected chi connectivity index (χ2v) is 9.92. The summed E-state index contributed by atoms with van der Waals surface area (Å²) < 4.78 is 44.5. The Morgan fingerprint density at radius 1 is 1.10 bits per heavy atom. The summed E-state index contributed by atoms with van der Waals surface area (Å²) in [5.41, 5.74) is 4.15. The van der Waals surface area contributed by atoms with Crippen molar-refractivity contribution in [2.45, 2.75) is 12.2 Å². The standard InChI is InChI=1S/C9H16N5O13P3/c10-9-13-7-5(8(17)14-9)12-3(1-11-7)6(16)4(15)2-25-29(21,22)27-30(23,24)26-28(18,19)20/h4,6,15-16H,1-2H2,(H,21,22)(H,23,24)(H2,18,19,20)(H4,10,11,13,14,17)/t4-,6-/m1/s1. The smallest absolute Gasteiger partial charge is 0.388 e. The molecule has 0 aliphatic carbocycles. The van der Waals surface area contributed by atoms with Gasteiger partial charge >= 0.3 is 23.5 Å². The van der Waals surface area contributed by atoms with E-state index in [1.807, 2.05) is 0 Å². The molecule has 1 aliphatic heterocycles. The van der Waals surface area contributed by atoms with Crippen molar-refractivity contribution in [1.82, 2.24) is 9.97 Å². The minimum Gasteiger partial charge on any atom is -0.388 e. The number of nitrogens with zero attached hydrogens (tertiary/aromatic N) is 2. The van der Waals surface area contributed by atoms with Gasteiger partial charge in [-0.2, -0.15) is 13.6 Å². The molecule has 2 heterocycles. The normalized spacial score (nSPS) is 20.1. The van der Waals surface area contributed by atoms with Crippen LogP contribution < -0.4 is 16.6 Å². The Kier molecular flexibility index (Phi) is 7.36. The zero-order valence-corrected chi connectivity index (χ0v) is 17.1. The van der Waals surface area contributed by atoms with E-state index in [-0.39, 0.29) is 29.7 Å². The molecule has 0 amide bonds. The van der Waals surface area contributed by atoms with Crippen LogP contribution in [0.2, 0.25) is 0 Å². The summed E-state index contributed by atoms with van der Waals surface area (Å²) in [6.45, 7) is -1.39. The van der Waals surface area contributed by atoms with Crippen LogP contribution in [-0.4, -0.2) is 70.8 Å². The van der Waals surface area contributed by atoms with Crippen molar-refractivity contribution in [3.63, 3.8) is 0 Å². The van der Waals surface area contributed by atoms with Gasteiger partial charge in [0, 0.05) is 0 Å². The molecular formula is C9H16N5O13P3. The second kappa shape index (κ2) is 8.92. The van der Waals surface area contributed by atoms with Gasteiger partial charge in [-0.05, 0) is 0 Å². The Hall–Kier alpha value is -1.52. The highest BCUT2D eigenvalue weighted by Gasteiger charge is 2.41. The lowest BCUT2D eigenvalue weighted by Gasteiger charge is -2.24. The average Bonchev–Trinajstić information content (AvgIpc) is 2.55. The molecule has 30 heavy (non-hydrogen) atoms. The van der Waals surface area contributed by atoms with Crippen molar-refractivity contribution in [2.24, 2.45) is 4.99 Å². The minimum atomic E-state index is -5.73. The molecule has 1 aliphatic rings. The number of hydrogen-bond acceptors (Lipinski definition) is 13. The molecule has 18 nitrogen and oxygen atoms in total. The van der Waals surface area contributed by atoms with E-state index in [0.29, 0.717) is 0 Å². The van der Waals surface area contributed by atoms with Crippen molar-refractivity contribution >= 4 is 46.6 Å². The summed E-state index contributed by atoms with van der Waals surface area (Å²) in [7, 11) is -16.8. The first-order valence-electron chi connectivity index (χ1n) is 7.44. The molecular weight excluding hydrogens is 479 g/mol. The minimum absolute atomic E-state index is 0.00922. The Morgan fingerprint density at radius 2 is 1.73 bits per heavy atom. The molecule has 1 aromatic heterocycles. The van der Waals surface area contributed by atoms with Crippen molar-refractivity contribution in [1.29, 1.82) is 0 Å². The Balaban J connectivity index is 2.04. The van der Waals surface area contributed by atoms with Gasteiger partial charge in [0.1, 0.15) is 12.2 Å². The molecule has 0 aromatic carbocycles. The van der Waals surface area contributed by atoms with Gasteiger partial charge in [-0.3, -0.25) is 14.3 Å². The van der Waals surface area contributed by atoms with Crippen LogP contribution in [0.4, 0.5) is 17.5 Å². The van der Waals surface area contributed by atoms with Crippen LogP contribution in [0.5, 0.6) is 0 Å². The van der Waals surface area contributed by atoms with E-state index in [1.54, 1.807) is 0 Å². The van der Waals surface area contributed by atoms with E-state index in [9.17, 15) is 33.6 Å². The first-order valence-corrected chi connectivity index (χ1v) is 12.0. The Bertz CT molecular complexity index is 1040. The monoisotopic (exact) mass is 495 g/mol. The molecule has 0 bridgehead atoms. The fourth-order valence-corrected chi connectivity index (χ4v) is 5.06. The number of aromatic amines is 1. The van der Waals surface area contributed by atoms with Gasteiger partial charge in [0.25, 0.3) is 5.56 Å². The lowest BCUT2D eigenvalue weighted by Crippen LogP contribution is -2.41. The number of aromatic nitrogens is 2. The molecule has 0 saturated heterocycles. The molecule has 170 valence electrons. The fourth-order valence-electron chi connectivity index (χ4n) is 2.03. The molecule has 2 rings (SSSR count). The molecule has 0 saturated carbocycles. The Morgan fingerprint density at radius 3 is 2.33 bits per heavy atom. The highest BCUT2D eigenvalue weighted by atomic mass is 31.3. The van der Waals surface area contributed by atoms with Crippen molar-refractivity contribution in [2.75, 3.05) is 24.2 Å². The number of aliphatic imine (C=N–C) groups is 1. The van der Waals surface area contributed by atoms with Gasteiger partial charge in [-0.25, -0.2) is 18.7 Å². The number of nitrogens with two attached hydrogens (primary N) is 1. The van der Waals surface area contributed by atoms with E-state index in [1.165, 1.54) is 0 Å². The lowest BCUT2D eigenvalue weighted by atomic mass is 10.1. The number of fused-ring (bicyclic) bond motifs is 1. The summed E-state index contributed by atoms with van der Waals surface area (Å²) in [6.07, 6.45) is -3.81. The van der Waals surface area contributed by atoms with E-state index in [4.69, 9.17) is 20.4 Å². The number of phosphoric ester groups is 1. The van der Waals surface area contributed by atoms with Crippen molar-refractivity contribution in [3.8, 4) is 0 Å². The number of anilines is 2. The van der Waals surface area contributed by atoms with Crippen LogP contribution in [-0.2, 0) is 26.8 Å². The number of rotatable bonds is 9. The number of hydrogen-bond donors (Lipinski definition) is 9. The highest BCUT2D eigenvalue weighted by Crippen LogP contribution is 2.66. The van der Waals surface area contributed by atoms with Gasteiger partial charge in [-0.1, -0.05) is 0 Å². The largest absolute Gasteiger partial charge is 0.490 e. The first kappa shape index (κ1) is 24.7. The predicted octanol–water partition coefficient (Wildman–Crippen LogP) is -2.08. The summed E-state index contributed by atoms with van der Waals surface area (Å²) in [5.74, 6) is -0.184. The van der Waals surface area contributed by atoms with Crippen LogP contribution in [0, 0.1) is 0 Å².